The Balaban J connectivity index is 1.96. The minimum absolute atomic E-state index is 0.166. The molecular weight excluding hydrogens is 500 g/mol. The highest BCUT2D eigenvalue weighted by atomic mass is 79.9. The first-order valence-corrected chi connectivity index (χ1v) is 10.5. The summed E-state index contributed by atoms with van der Waals surface area (Å²) in [6.07, 6.45) is 0. The van der Waals surface area contributed by atoms with Gasteiger partial charge in [0.15, 0.2) is 0 Å². The van der Waals surface area contributed by atoms with Crippen LogP contribution in [-0.2, 0) is 9.59 Å². The number of halogens is 2. The average molecular weight is 514 g/mol. The summed E-state index contributed by atoms with van der Waals surface area (Å²) in [6.45, 7) is 0. The first-order chi connectivity index (χ1) is 15.3. The third-order valence-corrected chi connectivity index (χ3v) is 5.84. The maximum atomic E-state index is 13.1. The van der Waals surface area contributed by atoms with Crippen LogP contribution in [0.5, 0.6) is 0 Å². The number of rotatable bonds is 4. The Kier molecular flexibility index (Phi) is 5.82. The predicted octanol–water partition coefficient (Wildman–Crippen LogP) is 5.64. The van der Waals surface area contributed by atoms with Crippen molar-refractivity contribution in [1.29, 1.82) is 0 Å². The fraction of sp³-hybridized carbons (Fsp3) is 0.0435. The lowest BCUT2D eigenvalue weighted by Gasteiger charge is -2.25. The molecule has 1 heterocycles. The zero-order chi connectivity index (χ0) is 23.0. The molecule has 0 radical (unpaired) electrons. The second-order valence-corrected chi connectivity index (χ2v) is 8.36. The largest absolute Gasteiger partial charge is 0.507 e. The van der Waals surface area contributed by atoms with Gasteiger partial charge in [0.2, 0.25) is 0 Å². The van der Waals surface area contributed by atoms with Crippen LogP contribution < -0.4 is 4.90 Å². The zero-order valence-corrected chi connectivity index (χ0v) is 18.6. The van der Waals surface area contributed by atoms with E-state index in [1.54, 1.807) is 42.5 Å². The number of aliphatic hydroxyl groups is 1. The molecule has 32 heavy (non-hydrogen) atoms. The van der Waals surface area contributed by atoms with E-state index in [4.69, 9.17) is 11.6 Å². The summed E-state index contributed by atoms with van der Waals surface area (Å²) in [7, 11) is 0. The van der Waals surface area contributed by atoms with Crippen molar-refractivity contribution in [2.75, 3.05) is 4.90 Å². The second-order valence-electron chi connectivity index (χ2n) is 7.00. The summed E-state index contributed by atoms with van der Waals surface area (Å²) in [5.74, 6) is -2.13. The van der Waals surface area contributed by atoms with E-state index in [0.29, 0.717) is 21.8 Å². The van der Waals surface area contributed by atoms with Gasteiger partial charge in [-0.2, -0.15) is 0 Å². The summed E-state index contributed by atoms with van der Waals surface area (Å²) in [5.41, 5.74) is 0.647. The molecule has 1 amide bonds. The number of nitro benzene ring substituents is 1. The van der Waals surface area contributed by atoms with E-state index >= 15 is 0 Å². The number of non-ortho nitro benzene ring substituents is 1. The first kappa shape index (κ1) is 21.7. The quantitative estimate of drug-likeness (QED) is 0.160. The summed E-state index contributed by atoms with van der Waals surface area (Å²) in [4.78, 5) is 38.1. The smallest absolute Gasteiger partial charge is 0.300 e. The summed E-state index contributed by atoms with van der Waals surface area (Å²) >= 11 is 9.25. The minimum atomic E-state index is -1.06. The number of carbonyl (C=O) groups excluding carboxylic acids is 2. The summed E-state index contributed by atoms with van der Waals surface area (Å²) in [6, 6.07) is 17.4. The molecule has 3 aromatic carbocycles. The Labute approximate surface area is 195 Å². The Morgan fingerprint density at radius 1 is 1.03 bits per heavy atom. The molecule has 1 atom stereocenters. The van der Waals surface area contributed by atoms with Crippen LogP contribution in [0.15, 0.2) is 82.8 Å². The van der Waals surface area contributed by atoms with Gasteiger partial charge in [-0.15, -0.1) is 0 Å². The van der Waals surface area contributed by atoms with Gasteiger partial charge in [-0.05, 0) is 54.1 Å². The standard InChI is InChI=1S/C23H14BrClN2O5/c24-15-6-10-17(11-7-15)26-20(14-2-1-3-18(12-14)27(31)32)19(22(29)23(26)30)21(28)13-4-8-16(25)9-5-13/h1-12,20,28H/t20-/m0/s1. The van der Waals surface area contributed by atoms with E-state index in [0.717, 1.165) is 4.47 Å². The minimum Gasteiger partial charge on any atom is -0.507 e. The number of hydrogen-bond donors (Lipinski definition) is 1. The number of aliphatic hydroxyl groups excluding tert-OH is 1. The molecule has 9 heteroatoms. The molecule has 0 aromatic heterocycles. The van der Waals surface area contributed by atoms with Gasteiger partial charge in [0.05, 0.1) is 16.5 Å². The number of amides is 1. The second kappa shape index (κ2) is 8.57. The van der Waals surface area contributed by atoms with Gasteiger partial charge in [0.1, 0.15) is 5.76 Å². The van der Waals surface area contributed by atoms with E-state index < -0.39 is 28.4 Å². The normalized spacial score (nSPS) is 17.6. The van der Waals surface area contributed by atoms with E-state index in [1.165, 1.54) is 35.2 Å². The fourth-order valence-corrected chi connectivity index (χ4v) is 3.98. The Morgan fingerprint density at radius 2 is 1.69 bits per heavy atom. The molecule has 0 bridgehead atoms. The van der Waals surface area contributed by atoms with Gasteiger partial charge in [0, 0.05) is 32.9 Å². The highest BCUT2D eigenvalue weighted by Crippen LogP contribution is 2.43. The maximum absolute atomic E-state index is 13.1. The molecule has 4 rings (SSSR count). The predicted molar refractivity (Wildman–Crippen MR) is 123 cm³/mol. The number of benzene rings is 3. The van der Waals surface area contributed by atoms with Gasteiger partial charge in [0.25, 0.3) is 17.4 Å². The van der Waals surface area contributed by atoms with Gasteiger partial charge < -0.3 is 5.11 Å². The van der Waals surface area contributed by atoms with Crippen molar-refractivity contribution in [1.82, 2.24) is 0 Å². The van der Waals surface area contributed by atoms with Crippen molar-refractivity contribution in [3.63, 3.8) is 0 Å². The molecule has 3 aromatic rings. The third kappa shape index (κ3) is 3.90. The van der Waals surface area contributed by atoms with Crippen molar-refractivity contribution in [2.24, 2.45) is 0 Å². The number of ketones is 1. The lowest BCUT2D eigenvalue weighted by molar-refractivity contribution is -0.384. The monoisotopic (exact) mass is 512 g/mol. The Morgan fingerprint density at radius 3 is 2.31 bits per heavy atom. The van der Waals surface area contributed by atoms with Crippen molar-refractivity contribution in [3.8, 4) is 0 Å². The molecule has 1 aliphatic heterocycles. The summed E-state index contributed by atoms with van der Waals surface area (Å²) in [5, 5.41) is 22.8. The molecule has 0 saturated carbocycles. The van der Waals surface area contributed by atoms with Crippen LogP contribution in [0.2, 0.25) is 5.02 Å². The van der Waals surface area contributed by atoms with Crippen molar-refractivity contribution in [3.05, 3.63) is 109 Å². The van der Waals surface area contributed by atoms with Crippen molar-refractivity contribution >= 4 is 56.4 Å². The number of nitrogens with zero attached hydrogens (tertiary/aromatic N) is 2. The van der Waals surface area contributed by atoms with Crippen LogP contribution in [0.3, 0.4) is 0 Å². The molecule has 160 valence electrons. The Hall–Kier alpha value is -3.49. The maximum Gasteiger partial charge on any atom is 0.300 e. The molecule has 0 unspecified atom stereocenters. The molecule has 0 aliphatic carbocycles. The van der Waals surface area contributed by atoms with Crippen molar-refractivity contribution in [2.45, 2.75) is 6.04 Å². The first-order valence-electron chi connectivity index (χ1n) is 9.35. The third-order valence-electron chi connectivity index (χ3n) is 5.06. The van der Waals surface area contributed by atoms with E-state index in [1.807, 2.05) is 0 Å². The highest BCUT2D eigenvalue weighted by Gasteiger charge is 2.47. The average Bonchev–Trinajstić information content (AvgIpc) is 3.05. The molecule has 1 fully saturated rings. The SMILES string of the molecule is O=C1C(=O)N(c2ccc(Br)cc2)[C@@H](c2cccc([N+](=O)[O-])c2)C1=C(O)c1ccc(Cl)cc1. The highest BCUT2D eigenvalue weighted by molar-refractivity contribution is 9.10. The van der Waals surface area contributed by atoms with E-state index in [9.17, 15) is 24.8 Å². The number of carbonyl (C=O) groups is 2. The van der Waals surface area contributed by atoms with Crippen LogP contribution in [0.1, 0.15) is 17.2 Å². The van der Waals surface area contributed by atoms with Crippen LogP contribution in [0, 0.1) is 10.1 Å². The zero-order valence-electron chi connectivity index (χ0n) is 16.2. The van der Waals surface area contributed by atoms with E-state index in [2.05, 4.69) is 15.9 Å². The topological polar surface area (TPSA) is 101 Å². The number of anilines is 1. The molecular formula is C23H14BrClN2O5. The lowest BCUT2D eigenvalue weighted by Crippen LogP contribution is -2.29. The lowest BCUT2D eigenvalue weighted by atomic mass is 9.95. The number of nitro groups is 1. The van der Waals surface area contributed by atoms with Crippen LogP contribution in [0.25, 0.3) is 5.76 Å². The summed E-state index contributed by atoms with van der Waals surface area (Å²) < 4.78 is 0.769. The van der Waals surface area contributed by atoms with Gasteiger partial charge in [-0.3, -0.25) is 24.6 Å². The molecule has 1 saturated heterocycles. The fourth-order valence-electron chi connectivity index (χ4n) is 3.59. The van der Waals surface area contributed by atoms with Crippen LogP contribution >= 0.6 is 27.5 Å². The van der Waals surface area contributed by atoms with Gasteiger partial charge in [-0.1, -0.05) is 39.7 Å². The molecule has 7 nitrogen and oxygen atoms in total. The van der Waals surface area contributed by atoms with Crippen molar-refractivity contribution < 1.29 is 19.6 Å². The van der Waals surface area contributed by atoms with Gasteiger partial charge >= 0.3 is 0 Å². The van der Waals surface area contributed by atoms with Crippen LogP contribution in [0.4, 0.5) is 11.4 Å². The molecule has 1 aliphatic rings. The van der Waals surface area contributed by atoms with Crippen LogP contribution in [-0.4, -0.2) is 21.7 Å². The Bertz CT molecular complexity index is 1270. The van der Waals surface area contributed by atoms with Gasteiger partial charge in [-0.25, -0.2) is 0 Å². The molecule has 0 spiro atoms. The number of Topliss-reactive ketones (excluding diaryl/α,β-unsaturated/α-hetero) is 1. The number of hydrogen-bond acceptors (Lipinski definition) is 5. The van der Waals surface area contributed by atoms with E-state index in [-0.39, 0.29) is 11.3 Å². The molecule has 1 N–H and O–H groups in total.